The van der Waals surface area contributed by atoms with Gasteiger partial charge >= 0.3 is 12.1 Å². The minimum Gasteiger partial charge on any atom is -0.497 e. The molecule has 0 unspecified atom stereocenters. The second-order valence-corrected chi connectivity index (χ2v) is 6.28. The second-order valence-electron chi connectivity index (χ2n) is 6.28. The summed E-state index contributed by atoms with van der Waals surface area (Å²) in [5.41, 5.74) is -1.02. The van der Waals surface area contributed by atoms with Crippen LogP contribution in [0, 0.1) is 0 Å². The van der Waals surface area contributed by atoms with Gasteiger partial charge in [0, 0.05) is 5.57 Å². The van der Waals surface area contributed by atoms with Gasteiger partial charge in [0.25, 0.3) is 0 Å². The molecule has 0 radical (unpaired) electrons. The third-order valence-electron chi connectivity index (χ3n) is 4.42. The van der Waals surface area contributed by atoms with Gasteiger partial charge in [-0.25, -0.2) is 0 Å². The number of allylic oxidation sites excluding steroid dienone is 1. The summed E-state index contributed by atoms with van der Waals surface area (Å²) < 4.78 is 75.2. The predicted molar refractivity (Wildman–Crippen MR) is 103 cm³/mol. The molecule has 6 heteroatoms. The summed E-state index contributed by atoms with van der Waals surface area (Å²) in [6.45, 7) is 0. The highest BCUT2D eigenvalue weighted by Crippen LogP contribution is 2.49. The molecule has 0 amide bonds. The highest BCUT2D eigenvalue weighted by atomic mass is 19.4. The minimum absolute atomic E-state index is 0.193. The van der Waals surface area contributed by atoms with Crippen molar-refractivity contribution in [2.45, 2.75) is 12.1 Å². The molecule has 0 saturated carbocycles. The van der Waals surface area contributed by atoms with Gasteiger partial charge in [0.15, 0.2) is 0 Å². The molecule has 1 nitrogen and oxygen atoms in total. The van der Waals surface area contributed by atoms with E-state index in [0.29, 0.717) is 5.75 Å². The molecule has 0 saturated heterocycles. The van der Waals surface area contributed by atoms with Gasteiger partial charge in [-0.15, -0.1) is 0 Å². The number of rotatable bonds is 5. The molecule has 0 aliphatic heterocycles. The summed E-state index contributed by atoms with van der Waals surface area (Å²) in [7, 11) is 1.44. The molecule has 0 aliphatic carbocycles. The fourth-order valence-electron chi connectivity index (χ4n) is 3.05. The summed E-state index contributed by atoms with van der Waals surface area (Å²) in [5, 5.41) is 0. The summed E-state index contributed by atoms with van der Waals surface area (Å²) in [6.07, 6.45) is -5.76. The van der Waals surface area contributed by atoms with Crippen molar-refractivity contribution in [3.63, 3.8) is 0 Å². The third kappa shape index (κ3) is 4.16. The molecule has 29 heavy (non-hydrogen) atoms. The standard InChI is InChI=1S/C23H17F5O/c1-29-19-14-12-17(13-15-19)20(16-8-4-2-5-9-16)21(18-10-6-3-7-11-18)22(24,25)23(26,27)28/h2-15H,1H3/b21-20+. The van der Waals surface area contributed by atoms with E-state index in [-0.39, 0.29) is 22.3 Å². The van der Waals surface area contributed by atoms with Crippen molar-refractivity contribution in [1.82, 2.24) is 0 Å². The third-order valence-corrected chi connectivity index (χ3v) is 4.42. The van der Waals surface area contributed by atoms with Crippen LogP contribution in [0.5, 0.6) is 5.75 Å². The number of alkyl halides is 5. The predicted octanol–water partition coefficient (Wildman–Crippen LogP) is 6.85. The van der Waals surface area contributed by atoms with Crippen LogP contribution in [-0.2, 0) is 0 Å². The van der Waals surface area contributed by atoms with Gasteiger partial charge in [-0.05, 0) is 34.4 Å². The van der Waals surface area contributed by atoms with Crippen LogP contribution in [-0.4, -0.2) is 19.2 Å². The van der Waals surface area contributed by atoms with Gasteiger partial charge in [0.05, 0.1) is 7.11 Å². The van der Waals surface area contributed by atoms with Crippen molar-refractivity contribution in [2.24, 2.45) is 0 Å². The van der Waals surface area contributed by atoms with Gasteiger partial charge in [-0.1, -0.05) is 72.8 Å². The quantitative estimate of drug-likeness (QED) is 0.334. The molecule has 3 rings (SSSR count). The molecule has 0 bridgehead atoms. The number of hydrogen-bond donors (Lipinski definition) is 0. The Balaban J connectivity index is 2.42. The topological polar surface area (TPSA) is 9.23 Å². The lowest BCUT2D eigenvalue weighted by atomic mass is 9.86. The van der Waals surface area contributed by atoms with Gasteiger partial charge in [0.2, 0.25) is 0 Å². The molecule has 150 valence electrons. The van der Waals surface area contributed by atoms with Crippen molar-refractivity contribution >= 4 is 11.1 Å². The van der Waals surface area contributed by atoms with E-state index in [1.54, 1.807) is 24.3 Å². The lowest BCUT2D eigenvalue weighted by Crippen LogP contribution is -2.38. The van der Waals surface area contributed by atoms with Crippen LogP contribution in [0.25, 0.3) is 11.1 Å². The smallest absolute Gasteiger partial charge is 0.458 e. The first-order valence-electron chi connectivity index (χ1n) is 8.70. The SMILES string of the molecule is COc1ccc(/C(=C(\c2ccccc2)C(F)(F)C(F)(F)F)c2ccccc2)cc1. The van der Waals surface area contributed by atoms with Crippen molar-refractivity contribution in [3.8, 4) is 5.75 Å². The first-order valence-corrected chi connectivity index (χ1v) is 8.70. The number of hydrogen-bond acceptors (Lipinski definition) is 1. The Kier molecular flexibility index (Phi) is 5.73. The molecule has 0 spiro atoms. The van der Waals surface area contributed by atoms with E-state index in [9.17, 15) is 22.0 Å². The van der Waals surface area contributed by atoms with E-state index in [1.165, 1.54) is 67.8 Å². The van der Waals surface area contributed by atoms with Gasteiger partial charge in [0.1, 0.15) is 5.75 Å². The zero-order valence-corrected chi connectivity index (χ0v) is 15.4. The minimum atomic E-state index is -5.76. The molecule has 0 heterocycles. The summed E-state index contributed by atoms with van der Waals surface area (Å²) in [6, 6.07) is 20.8. The molecular weight excluding hydrogens is 387 g/mol. The highest BCUT2D eigenvalue weighted by molar-refractivity contribution is 6.01. The maximum Gasteiger partial charge on any atom is 0.458 e. The molecule has 0 atom stereocenters. The Hall–Kier alpha value is -3.15. The summed E-state index contributed by atoms with van der Waals surface area (Å²) >= 11 is 0. The van der Waals surface area contributed by atoms with E-state index < -0.39 is 17.7 Å². The zero-order valence-electron chi connectivity index (χ0n) is 15.4. The largest absolute Gasteiger partial charge is 0.497 e. The fraction of sp³-hybridized carbons (Fsp3) is 0.130. The number of ether oxygens (including phenoxy) is 1. The van der Waals surface area contributed by atoms with Gasteiger partial charge in [-0.3, -0.25) is 0 Å². The van der Waals surface area contributed by atoms with Crippen molar-refractivity contribution in [3.05, 3.63) is 102 Å². The molecule has 0 aliphatic rings. The Morgan fingerprint density at radius 1 is 0.621 bits per heavy atom. The first-order chi connectivity index (χ1) is 13.8. The van der Waals surface area contributed by atoms with Crippen LogP contribution >= 0.6 is 0 Å². The first kappa shape index (κ1) is 20.6. The Labute approximate surface area is 165 Å². The molecular formula is C23H17F5O. The van der Waals surface area contributed by atoms with Crippen LogP contribution < -0.4 is 4.74 Å². The van der Waals surface area contributed by atoms with Crippen molar-refractivity contribution < 1.29 is 26.7 Å². The molecule has 0 aromatic heterocycles. The Morgan fingerprint density at radius 2 is 1.07 bits per heavy atom. The van der Waals surface area contributed by atoms with Crippen molar-refractivity contribution in [2.75, 3.05) is 7.11 Å². The molecule has 3 aromatic rings. The van der Waals surface area contributed by atoms with Crippen LogP contribution in [0.4, 0.5) is 22.0 Å². The highest BCUT2D eigenvalue weighted by Gasteiger charge is 2.61. The molecule has 3 aromatic carbocycles. The van der Waals surface area contributed by atoms with E-state index in [4.69, 9.17) is 4.74 Å². The lowest BCUT2D eigenvalue weighted by molar-refractivity contribution is -0.253. The maximum absolute atomic E-state index is 14.8. The average molecular weight is 404 g/mol. The lowest BCUT2D eigenvalue weighted by Gasteiger charge is -2.27. The van der Waals surface area contributed by atoms with E-state index in [2.05, 4.69) is 0 Å². The van der Waals surface area contributed by atoms with Gasteiger partial charge < -0.3 is 4.74 Å². The Bertz CT molecular complexity index is 975. The van der Waals surface area contributed by atoms with Crippen LogP contribution in [0.2, 0.25) is 0 Å². The van der Waals surface area contributed by atoms with Crippen LogP contribution in [0.15, 0.2) is 84.9 Å². The van der Waals surface area contributed by atoms with E-state index >= 15 is 0 Å². The number of halogens is 5. The summed E-state index contributed by atoms with van der Waals surface area (Å²) in [5.74, 6) is -4.61. The van der Waals surface area contributed by atoms with E-state index in [1.807, 2.05) is 0 Å². The maximum atomic E-state index is 14.8. The zero-order chi connectivity index (χ0) is 21.1. The normalized spacial score (nSPS) is 13.0. The number of benzene rings is 3. The van der Waals surface area contributed by atoms with Crippen LogP contribution in [0.1, 0.15) is 16.7 Å². The van der Waals surface area contributed by atoms with Gasteiger partial charge in [-0.2, -0.15) is 22.0 Å². The van der Waals surface area contributed by atoms with E-state index in [0.717, 1.165) is 0 Å². The fourth-order valence-corrected chi connectivity index (χ4v) is 3.05. The van der Waals surface area contributed by atoms with Crippen LogP contribution in [0.3, 0.4) is 0 Å². The summed E-state index contributed by atoms with van der Waals surface area (Å²) in [4.78, 5) is 0. The monoisotopic (exact) mass is 404 g/mol. The average Bonchev–Trinajstić information content (AvgIpc) is 2.72. The second kappa shape index (κ2) is 8.07. The van der Waals surface area contributed by atoms with Crippen molar-refractivity contribution in [1.29, 1.82) is 0 Å². The molecule has 0 fully saturated rings. The molecule has 0 N–H and O–H groups in total. The number of methoxy groups -OCH3 is 1. The Morgan fingerprint density at radius 3 is 1.52 bits per heavy atom.